The molecule has 2 heterocycles. The van der Waals surface area contributed by atoms with Crippen molar-refractivity contribution in [3.63, 3.8) is 0 Å². The van der Waals surface area contributed by atoms with Crippen LogP contribution in [-0.2, 0) is 12.8 Å². The van der Waals surface area contributed by atoms with Gasteiger partial charge in [0.25, 0.3) is 5.91 Å². The van der Waals surface area contributed by atoms with E-state index in [4.69, 9.17) is 16.5 Å². The van der Waals surface area contributed by atoms with Crippen molar-refractivity contribution in [1.29, 1.82) is 0 Å². The van der Waals surface area contributed by atoms with Crippen LogP contribution in [0.4, 0.5) is 5.69 Å². The molecule has 2 aromatic heterocycles. The number of aryl methyl sites for hydroxylation is 1. The number of hydrogen-bond donors (Lipinski definition) is 3. The van der Waals surface area contributed by atoms with Crippen molar-refractivity contribution in [3.8, 4) is 0 Å². The average Bonchev–Trinajstić information content (AvgIpc) is 2.85. The van der Waals surface area contributed by atoms with E-state index in [1.165, 1.54) is 23.3 Å². The fourth-order valence-corrected chi connectivity index (χ4v) is 4.38. The standard InChI is InChI=1S/C18H26N4OS/c1-18(2,3)11-4-5-13-10(8-11)9-12-14(20)15(24-17(12)22-13)16(23)21-7-6-19/h9,11H,4-8,19-20H2,1-3H3,(H,21,23). The highest BCUT2D eigenvalue weighted by Gasteiger charge is 2.30. The number of rotatable bonds is 3. The first kappa shape index (κ1) is 17.2. The number of carbonyl (C=O) groups is 1. The molecule has 0 spiro atoms. The number of thiophene rings is 1. The lowest BCUT2D eigenvalue weighted by Crippen LogP contribution is -2.28. The first-order valence-corrected chi connectivity index (χ1v) is 9.32. The fraction of sp³-hybridized carbons (Fsp3) is 0.556. The molecule has 130 valence electrons. The van der Waals surface area contributed by atoms with E-state index in [1.807, 2.05) is 0 Å². The lowest BCUT2D eigenvalue weighted by atomic mass is 9.71. The van der Waals surface area contributed by atoms with Crippen molar-refractivity contribution in [2.45, 2.75) is 40.0 Å². The SMILES string of the molecule is CC(C)(C)C1CCc2nc3sc(C(=O)NCCN)c(N)c3cc2C1. The van der Waals surface area contributed by atoms with E-state index in [0.29, 0.717) is 35.0 Å². The third-order valence-electron chi connectivity index (χ3n) is 4.95. The van der Waals surface area contributed by atoms with Crippen molar-refractivity contribution < 1.29 is 4.79 Å². The predicted octanol–water partition coefficient (Wildman–Crippen LogP) is 2.72. The van der Waals surface area contributed by atoms with Crippen LogP contribution in [0.5, 0.6) is 0 Å². The molecule has 0 bridgehead atoms. The second-order valence-corrected chi connectivity index (χ2v) is 8.64. The molecule has 1 amide bonds. The number of nitrogens with one attached hydrogen (secondary N) is 1. The summed E-state index contributed by atoms with van der Waals surface area (Å²) in [5.74, 6) is 0.489. The summed E-state index contributed by atoms with van der Waals surface area (Å²) in [6.07, 6.45) is 3.20. The molecule has 0 saturated carbocycles. The van der Waals surface area contributed by atoms with Gasteiger partial charge >= 0.3 is 0 Å². The Morgan fingerprint density at radius 1 is 1.46 bits per heavy atom. The summed E-state index contributed by atoms with van der Waals surface area (Å²) < 4.78 is 0. The number of nitrogen functional groups attached to an aromatic ring is 1. The Hall–Kier alpha value is -1.66. The van der Waals surface area contributed by atoms with E-state index in [1.54, 1.807) is 0 Å². The first-order chi connectivity index (χ1) is 11.3. The summed E-state index contributed by atoms with van der Waals surface area (Å²) in [6.45, 7) is 7.76. The summed E-state index contributed by atoms with van der Waals surface area (Å²) >= 11 is 1.37. The number of nitrogens with zero attached hydrogens (tertiary/aromatic N) is 1. The van der Waals surface area contributed by atoms with Crippen LogP contribution in [-0.4, -0.2) is 24.0 Å². The van der Waals surface area contributed by atoms with Gasteiger partial charge in [0.1, 0.15) is 9.71 Å². The maximum absolute atomic E-state index is 12.2. The molecule has 0 aromatic carbocycles. The second kappa shape index (κ2) is 6.33. The highest BCUT2D eigenvalue weighted by molar-refractivity contribution is 7.21. The zero-order valence-electron chi connectivity index (χ0n) is 14.6. The maximum Gasteiger partial charge on any atom is 0.263 e. The number of amides is 1. The smallest absolute Gasteiger partial charge is 0.263 e. The summed E-state index contributed by atoms with van der Waals surface area (Å²) in [5.41, 5.74) is 15.0. The van der Waals surface area contributed by atoms with E-state index in [-0.39, 0.29) is 5.91 Å². The van der Waals surface area contributed by atoms with Gasteiger partial charge in [-0.15, -0.1) is 11.3 Å². The Balaban J connectivity index is 1.97. The van der Waals surface area contributed by atoms with Crippen LogP contribution in [0.1, 0.15) is 48.1 Å². The van der Waals surface area contributed by atoms with E-state index >= 15 is 0 Å². The molecule has 2 aromatic rings. The molecule has 5 N–H and O–H groups in total. The van der Waals surface area contributed by atoms with Gasteiger partial charge in [0.05, 0.1) is 5.69 Å². The Morgan fingerprint density at radius 3 is 2.88 bits per heavy atom. The third-order valence-corrected chi connectivity index (χ3v) is 6.06. The van der Waals surface area contributed by atoms with Crippen LogP contribution < -0.4 is 16.8 Å². The molecular formula is C18H26N4OS. The number of anilines is 1. The van der Waals surface area contributed by atoms with Crippen LogP contribution in [0.3, 0.4) is 0 Å². The molecule has 1 unspecified atom stereocenters. The molecule has 0 fully saturated rings. The second-order valence-electron chi connectivity index (χ2n) is 7.64. The lowest BCUT2D eigenvalue weighted by molar-refractivity contribution is 0.0959. The van der Waals surface area contributed by atoms with E-state index in [9.17, 15) is 4.79 Å². The molecule has 6 heteroatoms. The van der Waals surface area contributed by atoms with Gasteiger partial charge in [-0.05, 0) is 42.2 Å². The van der Waals surface area contributed by atoms with Crippen LogP contribution in [0.25, 0.3) is 10.2 Å². The molecule has 5 nitrogen and oxygen atoms in total. The fourth-order valence-electron chi connectivity index (χ4n) is 3.36. The third kappa shape index (κ3) is 3.13. The van der Waals surface area contributed by atoms with Gasteiger partial charge in [0, 0.05) is 24.2 Å². The van der Waals surface area contributed by atoms with Crippen molar-refractivity contribution in [1.82, 2.24) is 10.3 Å². The largest absolute Gasteiger partial charge is 0.397 e. The molecule has 0 saturated heterocycles. The zero-order chi connectivity index (χ0) is 17.5. The van der Waals surface area contributed by atoms with Gasteiger partial charge in [0.2, 0.25) is 0 Å². The van der Waals surface area contributed by atoms with Crippen molar-refractivity contribution in [2.75, 3.05) is 18.8 Å². The Bertz CT molecular complexity index is 775. The number of nitrogens with two attached hydrogens (primary N) is 2. The number of fused-ring (bicyclic) bond motifs is 2. The van der Waals surface area contributed by atoms with Crippen molar-refractivity contribution >= 4 is 33.1 Å². The first-order valence-electron chi connectivity index (χ1n) is 8.50. The van der Waals surface area contributed by atoms with E-state index in [0.717, 1.165) is 28.8 Å². The maximum atomic E-state index is 12.2. The normalized spacial score (nSPS) is 17.8. The van der Waals surface area contributed by atoms with Crippen LogP contribution in [0, 0.1) is 11.3 Å². The number of carbonyl (C=O) groups excluding carboxylic acids is 1. The quantitative estimate of drug-likeness (QED) is 0.796. The minimum atomic E-state index is -0.161. The van der Waals surface area contributed by atoms with Crippen LogP contribution >= 0.6 is 11.3 Å². The lowest BCUT2D eigenvalue weighted by Gasteiger charge is -2.34. The molecule has 1 aliphatic carbocycles. The van der Waals surface area contributed by atoms with E-state index < -0.39 is 0 Å². The summed E-state index contributed by atoms with van der Waals surface area (Å²) in [6, 6.07) is 2.15. The van der Waals surface area contributed by atoms with Gasteiger partial charge in [-0.3, -0.25) is 4.79 Å². The van der Waals surface area contributed by atoms with Crippen molar-refractivity contribution in [3.05, 3.63) is 22.2 Å². The van der Waals surface area contributed by atoms with Gasteiger partial charge in [0.15, 0.2) is 0 Å². The predicted molar refractivity (Wildman–Crippen MR) is 100 cm³/mol. The summed E-state index contributed by atoms with van der Waals surface area (Å²) in [4.78, 5) is 18.4. The Morgan fingerprint density at radius 2 is 2.21 bits per heavy atom. The number of pyridine rings is 1. The van der Waals surface area contributed by atoms with Gasteiger partial charge in [-0.25, -0.2) is 4.98 Å². The van der Waals surface area contributed by atoms with Gasteiger partial charge in [-0.2, -0.15) is 0 Å². The van der Waals surface area contributed by atoms with Crippen LogP contribution in [0.2, 0.25) is 0 Å². The van der Waals surface area contributed by atoms with Gasteiger partial charge in [-0.1, -0.05) is 20.8 Å². The number of hydrogen-bond acceptors (Lipinski definition) is 5. The van der Waals surface area contributed by atoms with Crippen LogP contribution in [0.15, 0.2) is 6.07 Å². The summed E-state index contributed by atoms with van der Waals surface area (Å²) in [5, 5.41) is 3.69. The number of aromatic nitrogens is 1. The Kier molecular flexibility index (Phi) is 4.53. The highest BCUT2D eigenvalue weighted by atomic mass is 32.1. The van der Waals surface area contributed by atoms with Gasteiger partial charge < -0.3 is 16.8 Å². The molecule has 0 radical (unpaired) electrons. The topological polar surface area (TPSA) is 94.0 Å². The van der Waals surface area contributed by atoms with E-state index in [2.05, 4.69) is 32.2 Å². The van der Waals surface area contributed by atoms with Crippen molar-refractivity contribution in [2.24, 2.45) is 17.1 Å². The zero-order valence-corrected chi connectivity index (χ0v) is 15.4. The minimum absolute atomic E-state index is 0.161. The summed E-state index contributed by atoms with van der Waals surface area (Å²) in [7, 11) is 0. The molecule has 0 aliphatic heterocycles. The minimum Gasteiger partial charge on any atom is -0.397 e. The monoisotopic (exact) mass is 346 g/mol. The Labute approximate surface area is 146 Å². The molecule has 3 rings (SSSR count). The highest BCUT2D eigenvalue weighted by Crippen LogP contribution is 2.40. The molecule has 1 atom stereocenters. The molecular weight excluding hydrogens is 320 g/mol. The molecule has 24 heavy (non-hydrogen) atoms. The molecule has 1 aliphatic rings. The average molecular weight is 347 g/mol.